The molecule has 0 spiro atoms. The lowest BCUT2D eigenvalue weighted by molar-refractivity contribution is 0.660. The summed E-state index contributed by atoms with van der Waals surface area (Å²) in [5, 5.41) is 7.41. The molecule has 0 fully saturated rings. The van der Waals surface area contributed by atoms with Crippen LogP contribution < -0.4 is 5.32 Å². The van der Waals surface area contributed by atoms with Crippen molar-refractivity contribution in [3.8, 4) is 11.3 Å². The molecule has 2 heterocycles. The monoisotopic (exact) mass is 231 g/mol. The van der Waals surface area contributed by atoms with Gasteiger partial charge in [-0.1, -0.05) is 6.92 Å². The highest BCUT2D eigenvalue weighted by Crippen LogP contribution is 2.16. The zero-order valence-corrected chi connectivity index (χ0v) is 10.2. The molecule has 0 saturated carbocycles. The summed E-state index contributed by atoms with van der Waals surface area (Å²) in [5.41, 5.74) is 1.92. The van der Waals surface area contributed by atoms with E-state index >= 15 is 0 Å². The van der Waals surface area contributed by atoms with E-state index in [0.717, 1.165) is 30.8 Å². The first-order valence-electron chi connectivity index (χ1n) is 5.93. The number of aryl methyl sites for hydroxylation is 1. The molecule has 0 saturated heterocycles. The standard InChI is InChI=1S/C12H17N5/c1-3-6-13-12-14-7-5-11(16-12)10-8-15-17(4-2)9-10/h5,7-9H,3-4,6H2,1-2H3,(H,13,14,16). The van der Waals surface area contributed by atoms with E-state index in [4.69, 9.17) is 0 Å². The second kappa shape index (κ2) is 5.43. The van der Waals surface area contributed by atoms with E-state index in [1.165, 1.54) is 0 Å². The molecule has 0 amide bonds. The van der Waals surface area contributed by atoms with Crippen molar-refractivity contribution >= 4 is 5.95 Å². The van der Waals surface area contributed by atoms with Crippen LogP contribution in [0.2, 0.25) is 0 Å². The minimum Gasteiger partial charge on any atom is -0.354 e. The molecule has 0 bridgehead atoms. The van der Waals surface area contributed by atoms with Crippen LogP contribution in [0.4, 0.5) is 5.95 Å². The lowest BCUT2D eigenvalue weighted by Crippen LogP contribution is -2.04. The molecule has 2 rings (SSSR count). The fourth-order valence-electron chi connectivity index (χ4n) is 1.51. The molecule has 5 nitrogen and oxygen atoms in total. The van der Waals surface area contributed by atoms with Crippen molar-refractivity contribution in [3.05, 3.63) is 24.7 Å². The summed E-state index contributed by atoms with van der Waals surface area (Å²) < 4.78 is 1.89. The van der Waals surface area contributed by atoms with Gasteiger partial charge < -0.3 is 5.32 Å². The Morgan fingerprint density at radius 3 is 2.94 bits per heavy atom. The van der Waals surface area contributed by atoms with Gasteiger partial charge in [0.15, 0.2) is 0 Å². The van der Waals surface area contributed by atoms with Crippen LogP contribution in [0.1, 0.15) is 20.3 Å². The summed E-state index contributed by atoms with van der Waals surface area (Å²) in [6.07, 6.45) is 6.65. The molecular formula is C12H17N5. The number of anilines is 1. The van der Waals surface area contributed by atoms with Crippen LogP contribution >= 0.6 is 0 Å². The van der Waals surface area contributed by atoms with Crippen LogP contribution in [0.5, 0.6) is 0 Å². The Morgan fingerprint density at radius 2 is 2.24 bits per heavy atom. The molecule has 0 aliphatic carbocycles. The molecule has 0 atom stereocenters. The van der Waals surface area contributed by atoms with Gasteiger partial charge in [0.2, 0.25) is 5.95 Å². The Hall–Kier alpha value is -1.91. The second-order valence-electron chi connectivity index (χ2n) is 3.78. The van der Waals surface area contributed by atoms with Gasteiger partial charge in [0.1, 0.15) is 0 Å². The van der Waals surface area contributed by atoms with Gasteiger partial charge in [-0.2, -0.15) is 5.10 Å². The first-order valence-corrected chi connectivity index (χ1v) is 5.93. The summed E-state index contributed by atoms with van der Waals surface area (Å²) in [4.78, 5) is 8.63. The van der Waals surface area contributed by atoms with Crippen molar-refractivity contribution in [1.29, 1.82) is 0 Å². The van der Waals surface area contributed by atoms with Gasteiger partial charge in [-0.3, -0.25) is 4.68 Å². The van der Waals surface area contributed by atoms with E-state index in [1.807, 2.05) is 23.1 Å². The highest BCUT2D eigenvalue weighted by Gasteiger charge is 2.04. The smallest absolute Gasteiger partial charge is 0.223 e. The van der Waals surface area contributed by atoms with E-state index in [-0.39, 0.29) is 0 Å². The molecule has 2 aromatic rings. The molecule has 0 radical (unpaired) electrons. The van der Waals surface area contributed by atoms with Crippen LogP contribution in [0.3, 0.4) is 0 Å². The SMILES string of the molecule is CCCNc1nccc(-c2cnn(CC)c2)n1. The molecule has 1 N–H and O–H groups in total. The van der Waals surface area contributed by atoms with Crippen LogP contribution in [0, 0.1) is 0 Å². The summed E-state index contributed by atoms with van der Waals surface area (Å²) in [6, 6.07) is 1.90. The average molecular weight is 231 g/mol. The first-order chi connectivity index (χ1) is 8.33. The number of hydrogen-bond donors (Lipinski definition) is 1. The summed E-state index contributed by atoms with van der Waals surface area (Å²) in [7, 11) is 0. The maximum Gasteiger partial charge on any atom is 0.223 e. The van der Waals surface area contributed by atoms with Crippen LogP contribution in [-0.2, 0) is 6.54 Å². The predicted molar refractivity (Wildman–Crippen MR) is 67.7 cm³/mol. The number of hydrogen-bond acceptors (Lipinski definition) is 4. The fourth-order valence-corrected chi connectivity index (χ4v) is 1.51. The maximum atomic E-state index is 4.45. The Bertz CT molecular complexity index is 477. The molecule has 0 aliphatic heterocycles. The van der Waals surface area contributed by atoms with Crippen LogP contribution in [0.15, 0.2) is 24.7 Å². The normalized spacial score (nSPS) is 10.5. The molecule has 17 heavy (non-hydrogen) atoms. The molecule has 0 unspecified atom stereocenters. The van der Waals surface area contributed by atoms with Gasteiger partial charge in [0, 0.05) is 31.0 Å². The topological polar surface area (TPSA) is 55.6 Å². The lowest BCUT2D eigenvalue weighted by atomic mass is 10.2. The zero-order chi connectivity index (χ0) is 12.1. The fraction of sp³-hybridized carbons (Fsp3) is 0.417. The average Bonchev–Trinajstić information content (AvgIpc) is 2.85. The van der Waals surface area contributed by atoms with Gasteiger partial charge in [-0.15, -0.1) is 0 Å². The van der Waals surface area contributed by atoms with E-state index in [1.54, 1.807) is 6.20 Å². The molecule has 2 aromatic heterocycles. The summed E-state index contributed by atoms with van der Waals surface area (Å²) >= 11 is 0. The van der Waals surface area contributed by atoms with E-state index < -0.39 is 0 Å². The minimum absolute atomic E-state index is 0.675. The highest BCUT2D eigenvalue weighted by atomic mass is 15.3. The second-order valence-corrected chi connectivity index (χ2v) is 3.78. The predicted octanol–water partition coefficient (Wildman–Crippen LogP) is 2.18. The molecular weight excluding hydrogens is 214 g/mol. The van der Waals surface area contributed by atoms with Gasteiger partial charge in [-0.05, 0) is 19.4 Å². The van der Waals surface area contributed by atoms with E-state index in [0.29, 0.717) is 5.95 Å². The highest BCUT2D eigenvalue weighted by molar-refractivity contribution is 5.57. The third-order valence-electron chi connectivity index (χ3n) is 2.44. The number of nitrogens with one attached hydrogen (secondary N) is 1. The minimum atomic E-state index is 0.675. The van der Waals surface area contributed by atoms with Crippen molar-refractivity contribution in [2.75, 3.05) is 11.9 Å². The van der Waals surface area contributed by atoms with Crippen molar-refractivity contribution in [3.63, 3.8) is 0 Å². The maximum absolute atomic E-state index is 4.45. The molecule has 0 aliphatic rings. The van der Waals surface area contributed by atoms with E-state index in [2.05, 4.69) is 34.2 Å². The van der Waals surface area contributed by atoms with Crippen molar-refractivity contribution in [1.82, 2.24) is 19.7 Å². The Balaban J connectivity index is 2.20. The van der Waals surface area contributed by atoms with Crippen molar-refractivity contribution in [2.45, 2.75) is 26.8 Å². The Morgan fingerprint density at radius 1 is 1.35 bits per heavy atom. The van der Waals surface area contributed by atoms with Crippen molar-refractivity contribution < 1.29 is 0 Å². The van der Waals surface area contributed by atoms with Crippen LogP contribution in [0.25, 0.3) is 11.3 Å². The molecule has 90 valence electrons. The first kappa shape index (κ1) is 11.6. The quantitative estimate of drug-likeness (QED) is 0.857. The number of aromatic nitrogens is 4. The summed E-state index contributed by atoms with van der Waals surface area (Å²) in [5.74, 6) is 0.675. The van der Waals surface area contributed by atoms with Gasteiger partial charge in [0.05, 0.1) is 11.9 Å². The summed E-state index contributed by atoms with van der Waals surface area (Å²) in [6.45, 7) is 5.93. The third-order valence-corrected chi connectivity index (χ3v) is 2.44. The van der Waals surface area contributed by atoms with Gasteiger partial charge in [-0.25, -0.2) is 9.97 Å². The molecule has 0 aromatic carbocycles. The zero-order valence-electron chi connectivity index (χ0n) is 10.2. The lowest BCUT2D eigenvalue weighted by Gasteiger charge is -2.03. The van der Waals surface area contributed by atoms with E-state index in [9.17, 15) is 0 Å². The van der Waals surface area contributed by atoms with Crippen molar-refractivity contribution in [2.24, 2.45) is 0 Å². The number of nitrogens with zero attached hydrogens (tertiary/aromatic N) is 4. The third kappa shape index (κ3) is 2.81. The van der Waals surface area contributed by atoms with Gasteiger partial charge >= 0.3 is 0 Å². The molecule has 5 heteroatoms. The Labute approximate surface area is 101 Å². The Kier molecular flexibility index (Phi) is 3.69. The largest absolute Gasteiger partial charge is 0.354 e. The number of rotatable bonds is 5. The van der Waals surface area contributed by atoms with Crippen LogP contribution in [-0.4, -0.2) is 26.3 Å². The van der Waals surface area contributed by atoms with Gasteiger partial charge in [0.25, 0.3) is 0 Å².